The van der Waals surface area contributed by atoms with E-state index in [-0.39, 0.29) is 24.8 Å². The molecule has 0 aromatic heterocycles. The van der Waals surface area contributed by atoms with Crippen LogP contribution >= 0.6 is 0 Å². The molecule has 0 saturated carbocycles. The van der Waals surface area contributed by atoms with Crippen LogP contribution in [0.2, 0.25) is 0 Å². The van der Waals surface area contributed by atoms with Crippen LogP contribution in [0.1, 0.15) is 47.5 Å². The molecule has 1 fully saturated rings. The third-order valence-corrected chi connectivity index (χ3v) is 4.20. The second-order valence-corrected chi connectivity index (χ2v) is 8.21. The standard InChI is InChI=1S/C18H36N2O4/c1-13(2)9-14-10-20(17(22)24-18(3,4)5)8-7-16(14)19-15(11-21)12-23-6/h13-16,19,21H,7-12H2,1-6H3/t14?,15-,16?/m0/s1. The molecular weight excluding hydrogens is 308 g/mol. The van der Waals surface area contributed by atoms with E-state index in [0.29, 0.717) is 31.5 Å². The molecule has 6 nitrogen and oxygen atoms in total. The van der Waals surface area contributed by atoms with E-state index in [1.54, 1.807) is 7.11 Å². The second-order valence-electron chi connectivity index (χ2n) is 8.21. The summed E-state index contributed by atoms with van der Waals surface area (Å²) in [6.45, 7) is 12.0. The Labute approximate surface area is 146 Å². The van der Waals surface area contributed by atoms with Gasteiger partial charge in [0.05, 0.1) is 19.3 Å². The fraction of sp³-hybridized carbons (Fsp3) is 0.944. The number of nitrogens with zero attached hydrogens (tertiary/aromatic N) is 1. The number of methoxy groups -OCH3 is 1. The Hall–Kier alpha value is -0.850. The zero-order valence-corrected chi connectivity index (χ0v) is 16.2. The van der Waals surface area contributed by atoms with Gasteiger partial charge in [-0.2, -0.15) is 0 Å². The van der Waals surface area contributed by atoms with E-state index in [4.69, 9.17) is 9.47 Å². The maximum absolute atomic E-state index is 12.4. The summed E-state index contributed by atoms with van der Waals surface area (Å²) in [7, 11) is 1.64. The van der Waals surface area contributed by atoms with Crippen molar-refractivity contribution in [3.63, 3.8) is 0 Å². The van der Waals surface area contributed by atoms with Gasteiger partial charge in [-0.1, -0.05) is 13.8 Å². The first-order valence-corrected chi connectivity index (χ1v) is 9.00. The lowest BCUT2D eigenvalue weighted by Crippen LogP contribution is -2.55. The van der Waals surface area contributed by atoms with Gasteiger partial charge in [0, 0.05) is 26.2 Å². The van der Waals surface area contributed by atoms with Gasteiger partial charge >= 0.3 is 6.09 Å². The summed E-state index contributed by atoms with van der Waals surface area (Å²) in [5.41, 5.74) is -0.472. The third kappa shape index (κ3) is 7.36. The zero-order valence-electron chi connectivity index (χ0n) is 16.2. The van der Waals surface area contributed by atoms with Crippen molar-refractivity contribution in [2.75, 3.05) is 33.4 Å². The zero-order chi connectivity index (χ0) is 18.3. The van der Waals surface area contributed by atoms with Crippen molar-refractivity contribution in [2.45, 2.75) is 65.1 Å². The molecule has 1 amide bonds. The Morgan fingerprint density at radius 3 is 2.54 bits per heavy atom. The van der Waals surface area contributed by atoms with Gasteiger partial charge in [-0.15, -0.1) is 0 Å². The highest BCUT2D eigenvalue weighted by atomic mass is 16.6. The molecule has 0 aromatic rings. The molecule has 1 rings (SSSR count). The van der Waals surface area contributed by atoms with Crippen molar-refractivity contribution >= 4 is 6.09 Å². The molecule has 24 heavy (non-hydrogen) atoms. The van der Waals surface area contributed by atoms with Crippen molar-refractivity contribution in [1.82, 2.24) is 10.2 Å². The number of hydrogen-bond acceptors (Lipinski definition) is 5. The Morgan fingerprint density at radius 1 is 1.38 bits per heavy atom. The van der Waals surface area contributed by atoms with E-state index in [1.807, 2.05) is 25.7 Å². The minimum atomic E-state index is -0.472. The fourth-order valence-electron chi connectivity index (χ4n) is 3.25. The first kappa shape index (κ1) is 21.2. The molecule has 142 valence electrons. The molecule has 0 aliphatic carbocycles. The van der Waals surface area contributed by atoms with E-state index in [1.165, 1.54) is 0 Å². The summed E-state index contributed by atoms with van der Waals surface area (Å²) in [6, 6.07) is 0.209. The number of nitrogens with one attached hydrogen (secondary N) is 1. The molecule has 1 aliphatic rings. The molecule has 3 atom stereocenters. The number of aliphatic hydroxyl groups is 1. The predicted octanol–water partition coefficient (Wildman–Crippen LogP) is 2.25. The Kier molecular flexibility index (Phi) is 8.46. The van der Waals surface area contributed by atoms with Gasteiger partial charge in [0.1, 0.15) is 5.60 Å². The van der Waals surface area contributed by atoms with Gasteiger partial charge in [0.15, 0.2) is 0 Å². The Bertz CT molecular complexity index is 382. The number of rotatable bonds is 7. The minimum absolute atomic E-state index is 0.0501. The summed E-state index contributed by atoms with van der Waals surface area (Å²) >= 11 is 0. The lowest BCUT2D eigenvalue weighted by molar-refractivity contribution is 0.00932. The first-order chi connectivity index (χ1) is 11.2. The van der Waals surface area contributed by atoms with Crippen molar-refractivity contribution < 1.29 is 19.4 Å². The number of likely N-dealkylation sites (tertiary alicyclic amines) is 1. The fourth-order valence-corrected chi connectivity index (χ4v) is 3.25. The lowest BCUT2D eigenvalue weighted by atomic mass is 9.85. The van der Waals surface area contributed by atoms with E-state index >= 15 is 0 Å². The monoisotopic (exact) mass is 344 g/mol. The number of ether oxygens (including phenoxy) is 2. The SMILES string of the molecule is COC[C@H](CO)NC1CCN(C(=O)OC(C)(C)C)CC1CC(C)C. The molecule has 1 heterocycles. The summed E-state index contributed by atoms with van der Waals surface area (Å²) in [6.07, 6.45) is 1.66. The van der Waals surface area contributed by atoms with Crippen LogP contribution in [0.3, 0.4) is 0 Å². The third-order valence-electron chi connectivity index (χ3n) is 4.20. The van der Waals surface area contributed by atoms with Crippen LogP contribution in [-0.4, -0.2) is 67.2 Å². The normalized spacial score (nSPS) is 23.4. The summed E-state index contributed by atoms with van der Waals surface area (Å²) < 4.78 is 10.7. The Balaban J connectivity index is 2.71. The average molecular weight is 344 g/mol. The molecule has 1 saturated heterocycles. The number of carbonyl (C=O) groups is 1. The average Bonchev–Trinajstić information content (AvgIpc) is 2.45. The van der Waals surface area contributed by atoms with Gasteiger partial charge in [-0.05, 0) is 45.4 Å². The van der Waals surface area contributed by atoms with E-state index in [0.717, 1.165) is 12.8 Å². The van der Waals surface area contributed by atoms with Gasteiger partial charge in [-0.25, -0.2) is 4.79 Å². The van der Waals surface area contributed by atoms with Gasteiger partial charge in [0.2, 0.25) is 0 Å². The van der Waals surface area contributed by atoms with Crippen molar-refractivity contribution in [2.24, 2.45) is 11.8 Å². The van der Waals surface area contributed by atoms with Crippen molar-refractivity contribution in [1.29, 1.82) is 0 Å². The highest BCUT2D eigenvalue weighted by molar-refractivity contribution is 5.68. The van der Waals surface area contributed by atoms with Gasteiger partial charge < -0.3 is 24.8 Å². The Morgan fingerprint density at radius 2 is 2.04 bits per heavy atom. The lowest BCUT2D eigenvalue weighted by Gasteiger charge is -2.41. The van der Waals surface area contributed by atoms with Crippen LogP contribution in [0.5, 0.6) is 0 Å². The largest absolute Gasteiger partial charge is 0.444 e. The molecule has 1 aliphatic heterocycles. The van der Waals surface area contributed by atoms with Gasteiger partial charge in [0.25, 0.3) is 0 Å². The van der Waals surface area contributed by atoms with Crippen LogP contribution in [0, 0.1) is 11.8 Å². The van der Waals surface area contributed by atoms with Crippen LogP contribution < -0.4 is 5.32 Å². The predicted molar refractivity (Wildman–Crippen MR) is 95.0 cm³/mol. The summed E-state index contributed by atoms with van der Waals surface area (Å²) in [5.74, 6) is 0.894. The van der Waals surface area contributed by atoms with Crippen molar-refractivity contribution in [3.05, 3.63) is 0 Å². The molecule has 2 unspecified atom stereocenters. The number of amides is 1. The summed E-state index contributed by atoms with van der Waals surface area (Å²) in [4.78, 5) is 14.2. The van der Waals surface area contributed by atoms with Crippen LogP contribution in [-0.2, 0) is 9.47 Å². The maximum Gasteiger partial charge on any atom is 0.410 e. The quantitative estimate of drug-likeness (QED) is 0.741. The highest BCUT2D eigenvalue weighted by Crippen LogP contribution is 2.25. The summed E-state index contributed by atoms with van der Waals surface area (Å²) in [5, 5.41) is 13.0. The molecule has 0 radical (unpaired) electrons. The highest BCUT2D eigenvalue weighted by Gasteiger charge is 2.34. The second kappa shape index (κ2) is 9.59. The molecule has 6 heteroatoms. The number of carbonyl (C=O) groups excluding carboxylic acids is 1. The molecular formula is C18H36N2O4. The van der Waals surface area contributed by atoms with Crippen LogP contribution in [0.15, 0.2) is 0 Å². The van der Waals surface area contributed by atoms with E-state index in [2.05, 4.69) is 19.2 Å². The number of piperidine rings is 1. The number of hydrogen-bond donors (Lipinski definition) is 2. The minimum Gasteiger partial charge on any atom is -0.444 e. The molecule has 0 aromatic carbocycles. The van der Waals surface area contributed by atoms with E-state index < -0.39 is 5.60 Å². The van der Waals surface area contributed by atoms with Crippen molar-refractivity contribution in [3.8, 4) is 0 Å². The molecule has 0 spiro atoms. The maximum atomic E-state index is 12.4. The smallest absolute Gasteiger partial charge is 0.410 e. The topological polar surface area (TPSA) is 71.0 Å². The first-order valence-electron chi connectivity index (χ1n) is 9.00. The molecule has 0 bridgehead atoms. The number of aliphatic hydroxyl groups excluding tert-OH is 1. The van der Waals surface area contributed by atoms with Gasteiger partial charge in [-0.3, -0.25) is 0 Å². The van der Waals surface area contributed by atoms with Crippen LogP contribution in [0.25, 0.3) is 0 Å². The molecule has 2 N–H and O–H groups in total. The van der Waals surface area contributed by atoms with Crippen LogP contribution in [0.4, 0.5) is 4.79 Å². The van der Waals surface area contributed by atoms with E-state index in [9.17, 15) is 9.90 Å².